The number of piperidine rings is 1. The third-order valence-corrected chi connectivity index (χ3v) is 8.08. The van der Waals surface area contributed by atoms with Crippen LogP contribution in [0, 0.1) is 17.3 Å². The van der Waals surface area contributed by atoms with Crippen molar-refractivity contribution in [3.8, 4) is 0 Å². The number of carbonyl (C=O) groups is 1. The van der Waals surface area contributed by atoms with Crippen LogP contribution < -0.4 is 0 Å². The molecular formula is C28H35NO2. The molecule has 0 amide bonds. The third-order valence-electron chi connectivity index (χ3n) is 8.08. The molecule has 164 valence electrons. The molecule has 0 bridgehead atoms. The van der Waals surface area contributed by atoms with E-state index in [-0.39, 0.29) is 0 Å². The minimum Gasteiger partial charge on any atom is -0.478 e. The molecule has 3 aliphatic rings. The lowest BCUT2D eigenvalue weighted by atomic mass is 9.70. The number of nitrogens with zero attached hydrogens (tertiary/aromatic N) is 1. The van der Waals surface area contributed by atoms with Crippen LogP contribution in [-0.4, -0.2) is 35.6 Å². The second kappa shape index (κ2) is 8.78. The normalized spacial score (nSPS) is 25.3. The Balaban J connectivity index is 1.25. The van der Waals surface area contributed by atoms with E-state index in [2.05, 4.69) is 41.3 Å². The molecule has 3 heteroatoms. The standard InChI is InChI=1S/C28H35NO2/c30-27(31)25-8-4-5-22(17-25)19-28(13-15-29(16-14-28)20-21-9-10-21)12-11-24-18-26(24)23-6-2-1-3-7-23/h1-8,17,21,24,26H,9-16,18-20H2,(H,30,31)/t24-,26?/m1/s1. The molecule has 2 saturated carbocycles. The number of hydrogen-bond acceptors (Lipinski definition) is 2. The first-order valence-corrected chi connectivity index (χ1v) is 12.2. The van der Waals surface area contributed by atoms with Crippen LogP contribution in [0.15, 0.2) is 54.6 Å². The van der Waals surface area contributed by atoms with Gasteiger partial charge in [0, 0.05) is 6.54 Å². The van der Waals surface area contributed by atoms with Crippen molar-refractivity contribution in [1.82, 2.24) is 4.90 Å². The van der Waals surface area contributed by atoms with Crippen LogP contribution in [0.5, 0.6) is 0 Å². The summed E-state index contributed by atoms with van der Waals surface area (Å²) in [6.45, 7) is 3.72. The zero-order valence-electron chi connectivity index (χ0n) is 18.5. The summed E-state index contributed by atoms with van der Waals surface area (Å²) < 4.78 is 0. The molecule has 3 nitrogen and oxygen atoms in total. The summed E-state index contributed by atoms with van der Waals surface area (Å²) in [6, 6.07) is 18.7. The summed E-state index contributed by atoms with van der Waals surface area (Å²) in [6.07, 6.45) is 10.3. The first-order valence-electron chi connectivity index (χ1n) is 12.2. The fraction of sp³-hybridized carbons (Fsp3) is 0.536. The van der Waals surface area contributed by atoms with Gasteiger partial charge in [0.1, 0.15) is 0 Å². The lowest BCUT2D eigenvalue weighted by Gasteiger charge is -2.42. The number of carboxylic acids is 1. The van der Waals surface area contributed by atoms with Crippen molar-refractivity contribution >= 4 is 5.97 Å². The molecule has 2 aliphatic carbocycles. The Bertz CT molecular complexity index is 896. The van der Waals surface area contributed by atoms with Gasteiger partial charge in [-0.15, -0.1) is 0 Å². The molecule has 2 aromatic carbocycles. The first kappa shape index (κ1) is 20.8. The Hall–Kier alpha value is -2.13. The summed E-state index contributed by atoms with van der Waals surface area (Å²) in [4.78, 5) is 14.2. The van der Waals surface area contributed by atoms with E-state index in [9.17, 15) is 9.90 Å². The molecule has 1 heterocycles. The largest absolute Gasteiger partial charge is 0.478 e. The zero-order chi connectivity index (χ0) is 21.3. The van der Waals surface area contributed by atoms with Gasteiger partial charge in [0.15, 0.2) is 0 Å². The monoisotopic (exact) mass is 417 g/mol. The van der Waals surface area contributed by atoms with E-state index in [0.717, 1.165) is 24.2 Å². The van der Waals surface area contributed by atoms with E-state index in [0.29, 0.717) is 11.0 Å². The smallest absolute Gasteiger partial charge is 0.335 e. The van der Waals surface area contributed by atoms with Crippen LogP contribution in [0.25, 0.3) is 0 Å². The lowest BCUT2D eigenvalue weighted by Crippen LogP contribution is -2.42. The van der Waals surface area contributed by atoms with Crippen molar-refractivity contribution in [3.63, 3.8) is 0 Å². The minimum absolute atomic E-state index is 0.320. The fourth-order valence-corrected chi connectivity index (χ4v) is 5.80. The van der Waals surface area contributed by atoms with Gasteiger partial charge in [0.2, 0.25) is 0 Å². The number of carboxylic acid groups (broad SMARTS) is 1. The Morgan fingerprint density at radius 2 is 1.81 bits per heavy atom. The quantitative estimate of drug-likeness (QED) is 0.544. The zero-order valence-corrected chi connectivity index (χ0v) is 18.5. The Morgan fingerprint density at radius 3 is 2.52 bits per heavy atom. The van der Waals surface area contributed by atoms with Crippen molar-refractivity contribution in [2.24, 2.45) is 17.3 Å². The molecule has 5 rings (SSSR count). The van der Waals surface area contributed by atoms with Gasteiger partial charge in [0.25, 0.3) is 0 Å². The SMILES string of the molecule is O=C(O)c1cccc(CC2(CC[C@@H]3CC3c3ccccc3)CCN(CC3CC3)CC2)c1. The lowest BCUT2D eigenvalue weighted by molar-refractivity contribution is 0.0696. The van der Waals surface area contributed by atoms with Crippen LogP contribution >= 0.6 is 0 Å². The summed E-state index contributed by atoms with van der Waals surface area (Å²) in [5.41, 5.74) is 3.45. The molecule has 3 fully saturated rings. The van der Waals surface area contributed by atoms with E-state index in [1.54, 1.807) is 6.07 Å². The molecule has 1 unspecified atom stereocenters. The number of benzene rings is 2. The minimum atomic E-state index is -0.821. The van der Waals surface area contributed by atoms with E-state index in [4.69, 9.17) is 0 Å². The maximum atomic E-state index is 11.5. The maximum absolute atomic E-state index is 11.5. The Kier molecular flexibility index (Phi) is 5.88. The molecule has 1 saturated heterocycles. The molecule has 2 aromatic rings. The molecule has 0 spiro atoms. The van der Waals surface area contributed by atoms with Gasteiger partial charge < -0.3 is 10.0 Å². The summed E-state index contributed by atoms with van der Waals surface area (Å²) in [5.74, 6) is 1.72. The predicted molar refractivity (Wildman–Crippen MR) is 124 cm³/mol. The van der Waals surface area contributed by atoms with E-state index >= 15 is 0 Å². The van der Waals surface area contributed by atoms with Crippen LogP contribution in [0.1, 0.15) is 72.3 Å². The third kappa shape index (κ3) is 5.20. The number of rotatable bonds is 9. The molecule has 0 radical (unpaired) electrons. The average Bonchev–Trinajstić information content (AvgIpc) is 3.71. The number of likely N-dealkylation sites (tertiary alicyclic amines) is 1. The highest BCUT2D eigenvalue weighted by Crippen LogP contribution is 2.52. The first-order chi connectivity index (χ1) is 15.1. The fourth-order valence-electron chi connectivity index (χ4n) is 5.80. The van der Waals surface area contributed by atoms with Gasteiger partial charge in [-0.25, -0.2) is 4.79 Å². The van der Waals surface area contributed by atoms with E-state index in [1.165, 1.54) is 75.7 Å². The number of aromatic carboxylic acids is 1. The van der Waals surface area contributed by atoms with Gasteiger partial charge in [-0.1, -0.05) is 42.5 Å². The highest BCUT2D eigenvalue weighted by atomic mass is 16.4. The predicted octanol–water partition coefficient (Wildman–Crippen LogP) is 6.00. The van der Waals surface area contributed by atoms with E-state index in [1.807, 2.05) is 12.1 Å². The molecule has 1 N–H and O–H groups in total. The highest BCUT2D eigenvalue weighted by molar-refractivity contribution is 5.87. The summed E-state index contributed by atoms with van der Waals surface area (Å²) in [5, 5.41) is 9.42. The molecule has 2 atom stereocenters. The van der Waals surface area contributed by atoms with Crippen molar-refractivity contribution in [2.45, 2.75) is 57.3 Å². The topological polar surface area (TPSA) is 40.5 Å². The Morgan fingerprint density at radius 1 is 1.03 bits per heavy atom. The van der Waals surface area contributed by atoms with Crippen molar-refractivity contribution in [1.29, 1.82) is 0 Å². The van der Waals surface area contributed by atoms with Crippen molar-refractivity contribution in [3.05, 3.63) is 71.3 Å². The molecule has 1 aliphatic heterocycles. The highest BCUT2D eigenvalue weighted by Gasteiger charge is 2.42. The second-order valence-corrected chi connectivity index (χ2v) is 10.5. The number of hydrogen-bond donors (Lipinski definition) is 1. The van der Waals surface area contributed by atoms with Crippen LogP contribution in [0.2, 0.25) is 0 Å². The molecule has 0 aromatic heterocycles. The van der Waals surface area contributed by atoms with Crippen LogP contribution in [0.4, 0.5) is 0 Å². The van der Waals surface area contributed by atoms with Crippen LogP contribution in [0.3, 0.4) is 0 Å². The second-order valence-electron chi connectivity index (χ2n) is 10.5. The summed E-state index contributed by atoms with van der Waals surface area (Å²) in [7, 11) is 0. The van der Waals surface area contributed by atoms with Gasteiger partial charge >= 0.3 is 5.97 Å². The molecule has 31 heavy (non-hydrogen) atoms. The van der Waals surface area contributed by atoms with Crippen LogP contribution in [-0.2, 0) is 6.42 Å². The Labute approximate surface area is 186 Å². The van der Waals surface area contributed by atoms with Crippen molar-refractivity contribution < 1.29 is 9.90 Å². The maximum Gasteiger partial charge on any atom is 0.335 e. The molecular weight excluding hydrogens is 382 g/mol. The van der Waals surface area contributed by atoms with E-state index < -0.39 is 5.97 Å². The average molecular weight is 418 g/mol. The summed E-state index contributed by atoms with van der Waals surface area (Å²) >= 11 is 0. The van der Waals surface area contributed by atoms with Gasteiger partial charge in [-0.3, -0.25) is 0 Å². The van der Waals surface area contributed by atoms with Crippen molar-refractivity contribution in [2.75, 3.05) is 19.6 Å². The van der Waals surface area contributed by atoms with Gasteiger partial charge in [-0.05, 0) is 111 Å². The van der Waals surface area contributed by atoms with Gasteiger partial charge in [0.05, 0.1) is 5.56 Å². The van der Waals surface area contributed by atoms with Gasteiger partial charge in [-0.2, -0.15) is 0 Å².